The zero-order valence-electron chi connectivity index (χ0n) is 17.0. The van der Waals surface area contributed by atoms with Crippen LogP contribution in [0.4, 0.5) is 5.69 Å². The molecule has 8 nitrogen and oxygen atoms in total. The molecule has 0 unspecified atom stereocenters. The van der Waals surface area contributed by atoms with Crippen molar-refractivity contribution in [2.45, 2.75) is 19.1 Å². The van der Waals surface area contributed by atoms with Crippen LogP contribution in [0, 0.1) is 0 Å². The van der Waals surface area contributed by atoms with Gasteiger partial charge in [-0.1, -0.05) is 17.7 Å². The van der Waals surface area contributed by atoms with Crippen molar-refractivity contribution in [2.24, 2.45) is 0 Å². The fourth-order valence-electron chi connectivity index (χ4n) is 3.19. The molecule has 1 heterocycles. The fourth-order valence-corrected chi connectivity index (χ4v) is 4.26. The zero-order chi connectivity index (χ0) is 22.1. The first-order valence-electron chi connectivity index (χ1n) is 9.10. The highest BCUT2D eigenvalue weighted by Gasteiger charge is 2.35. The van der Waals surface area contributed by atoms with Crippen LogP contribution in [0.1, 0.15) is 18.5 Å². The number of nitrogens with one attached hydrogen (secondary N) is 1. The summed E-state index contributed by atoms with van der Waals surface area (Å²) in [4.78, 5) is 12.9. The number of hydrogen-bond acceptors (Lipinski definition) is 6. The fraction of sp³-hybridized carbons (Fsp3) is 0.350. The van der Waals surface area contributed by atoms with E-state index < -0.39 is 22.0 Å². The van der Waals surface area contributed by atoms with Gasteiger partial charge in [0.15, 0.2) is 17.6 Å². The molecular weight excluding hydrogens is 432 g/mol. The molecule has 1 aliphatic rings. The molecule has 162 valence electrons. The number of rotatable bonds is 6. The van der Waals surface area contributed by atoms with E-state index in [1.165, 1.54) is 13.2 Å². The van der Waals surface area contributed by atoms with Gasteiger partial charge in [-0.25, -0.2) is 8.42 Å². The van der Waals surface area contributed by atoms with Crippen LogP contribution in [0.5, 0.6) is 17.2 Å². The van der Waals surface area contributed by atoms with Gasteiger partial charge in [0.1, 0.15) is 5.75 Å². The summed E-state index contributed by atoms with van der Waals surface area (Å²) in [5.41, 5.74) is 1.10. The molecule has 2 aromatic carbocycles. The maximum absolute atomic E-state index is 12.9. The summed E-state index contributed by atoms with van der Waals surface area (Å²) >= 11 is 6.00. The smallest absolute Gasteiger partial charge is 0.263 e. The van der Waals surface area contributed by atoms with Crippen molar-refractivity contribution < 1.29 is 27.4 Å². The Morgan fingerprint density at radius 3 is 2.53 bits per heavy atom. The van der Waals surface area contributed by atoms with Gasteiger partial charge in [0.25, 0.3) is 5.91 Å². The molecule has 0 bridgehead atoms. The Morgan fingerprint density at radius 2 is 1.90 bits per heavy atom. The maximum Gasteiger partial charge on any atom is 0.263 e. The van der Waals surface area contributed by atoms with Crippen LogP contribution in [-0.4, -0.2) is 47.4 Å². The highest BCUT2D eigenvalue weighted by molar-refractivity contribution is 7.92. The van der Waals surface area contributed by atoms with Gasteiger partial charge in [0, 0.05) is 5.02 Å². The number of amides is 1. The third-order valence-corrected chi connectivity index (χ3v) is 6.13. The van der Waals surface area contributed by atoms with E-state index in [0.29, 0.717) is 22.2 Å². The predicted octanol–water partition coefficient (Wildman–Crippen LogP) is 2.76. The lowest BCUT2D eigenvalue weighted by Gasteiger charge is -2.34. The van der Waals surface area contributed by atoms with Gasteiger partial charge in [0.05, 0.1) is 38.7 Å². The Hall–Kier alpha value is -2.65. The van der Waals surface area contributed by atoms with Gasteiger partial charge in [-0.05, 0) is 42.8 Å². The molecule has 1 N–H and O–H groups in total. The lowest BCUT2D eigenvalue weighted by atomic mass is 10.1. The second-order valence-corrected chi connectivity index (χ2v) is 9.20. The van der Waals surface area contributed by atoms with Crippen LogP contribution in [0.3, 0.4) is 0 Å². The van der Waals surface area contributed by atoms with Gasteiger partial charge >= 0.3 is 0 Å². The van der Waals surface area contributed by atoms with Crippen molar-refractivity contribution in [1.29, 1.82) is 0 Å². The molecule has 0 saturated carbocycles. The molecule has 0 fully saturated rings. The Labute approximate surface area is 180 Å². The highest BCUT2D eigenvalue weighted by Crippen LogP contribution is 2.37. The minimum absolute atomic E-state index is 0.156. The number of hydrogen-bond donors (Lipinski definition) is 1. The number of anilines is 1. The lowest BCUT2D eigenvalue weighted by Crippen LogP contribution is -2.50. The minimum Gasteiger partial charge on any atom is -0.493 e. The van der Waals surface area contributed by atoms with Gasteiger partial charge in [-0.2, -0.15) is 0 Å². The number of halogens is 1. The summed E-state index contributed by atoms with van der Waals surface area (Å²) in [5.74, 6) is 0.954. The van der Waals surface area contributed by atoms with Gasteiger partial charge < -0.3 is 19.5 Å². The van der Waals surface area contributed by atoms with E-state index in [9.17, 15) is 13.2 Å². The van der Waals surface area contributed by atoms with Crippen molar-refractivity contribution >= 4 is 33.2 Å². The topological polar surface area (TPSA) is 94.2 Å². The second-order valence-electron chi connectivity index (χ2n) is 6.86. The van der Waals surface area contributed by atoms with Crippen molar-refractivity contribution in [3.05, 3.63) is 47.0 Å². The minimum atomic E-state index is -3.64. The Morgan fingerprint density at radius 1 is 1.20 bits per heavy atom. The molecule has 3 rings (SSSR count). The van der Waals surface area contributed by atoms with Crippen molar-refractivity contribution in [3.63, 3.8) is 0 Å². The number of sulfonamides is 1. The molecule has 0 saturated heterocycles. The maximum atomic E-state index is 12.9. The summed E-state index contributed by atoms with van der Waals surface area (Å²) < 4.78 is 42.0. The monoisotopic (exact) mass is 454 g/mol. The summed E-state index contributed by atoms with van der Waals surface area (Å²) in [6, 6.07) is 9.58. The molecule has 30 heavy (non-hydrogen) atoms. The van der Waals surface area contributed by atoms with Crippen LogP contribution in [0.25, 0.3) is 0 Å². The zero-order valence-corrected chi connectivity index (χ0v) is 18.6. The number of fused-ring (bicyclic) bond motifs is 1. The third-order valence-electron chi connectivity index (χ3n) is 4.75. The van der Waals surface area contributed by atoms with Crippen molar-refractivity contribution in [2.75, 3.05) is 31.3 Å². The molecule has 0 aromatic heterocycles. The van der Waals surface area contributed by atoms with Crippen LogP contribution in [-0.2, 0) is 14.8 Å². The molecule has 2 atom stereocenters. The molecule has 1 aliphatic heterocycles. The molecule has 0 radical (unpaired) electrons. The van der Waals surface area contributed by atoms with Crippen LogP contribution >= 0.6 is 11.6 Å². The molecule has 2 aromatic rings. The predicted molar refractivity (Wildman–Crippen MR) is 114 cm³/mol. The summed E-state index contributed by atoms with van der Waals surface area (Å²) in [5, 5.41) is 3.23. The summed E-state index contributed by atoms with van der Waals surface area (Å²) in [7, 11) is -0.560. The Bertz CT molecular complexity index is 1060. The average molecular weight is 455 g/mol. The van der Waals surface area contributed by atoms with Gasteiger partial charge in [-0.15, -0.1) is 0 Å². The van der Waals surface area contributed by atoms with Gasteiger partial charge in [-0.3, -0.25) is 9.10 Å². The molecule has 0 spiro atoms. The largest absolute Gasteiger partial charge is 0.493 e. The van der Waals surface area contributed by atoms with Crippen LogP contribution in [0.15, 0.2) is 36.4 Å². The Balaban J connectivity index is 1.81. The molecule has 1 amide bonds. The van der Waals surface area contributed by atoms with E-state index in [-0.39, 0.29) is 18.3 Å². The lowest BCUT2D eigenvalue weighted by molar-refractivity contribution is -0.128. The standard InChI is InChI=1S/C20H23ClN2O6S/c1-12(13-5-7-17(27-2)18(9-13)28-3)22-20(24)19-11-23(30(4,25)26)15-10-14(21)6-8-16(15)29-19/h5-10,12,19H,11H2,1-4H3,(H,22,24)/t12-,19-/m0/s1. The van der Waals surface area contributed by atoms with Crippen LogP contribution < -0.4 is 23.8 Å². The van der Waals surface area contributed by atoms with Crippen LogP contribution in [0.2, 0.25) is 5.02 Å². The first kappa shape index (κ1) is 22.0. The number of carbonyl (C=O) groups is 1. The number of methoxy groups -OCH3 is 2. The number of benzene rings is 2. The summed E-state index contributed by atoms with van der Waals surface area (Å²) in [6.45, 7) is 1.65. The number of nitrogens with zero attached hydrogens (tertiary/aromatic N) is 1. The van der Waals surface area contributed by atoms with Gasteiger partial charge in [0.2, 0.25) is 10.0 Å². The first-order valence-corrected chi connectivity index (χ1v) is 11.3. The van der Waals surface area contributed by atoms with E-state index in [0.717, 1.165) is 16.1 Å². The Kier molecular flexibility index (Phi) is 6.33. The molecular formula is C20H23ClN2O6S. The van der Waals surface area contributed by atoms with E-state index in [1.54, 1.807) is 31.4 Å². The quantitative estimate of drug-likeness (QED) is 0.721. The molecule has 10 heteroatoms. The van der Waals surface area contributed by atoms with E-state index in [4.69, 9.17) is 25.8 Å². The average Bonchev–Trinajstić information content (AvgIpc) is 2.71. The number of ether oxygens (including phenoxy) is 3. The van der Waals surface area contributed by atoms with E-state index >= 15 is 0 Å². The highest BCUT2D eigenvalue weighted by atomic mass is 35.5. The van der Waals surface area contributed by atoms with E-state index in [1.807, 2.05) is 13.0 Å². The first-order chi connectivity index (χ1) is 14.1. The molecule has 0 aliphatic carbocycles. The third kappa shape index (κ3) is 4.57. The van der Waals surface area contributed by atoms with Crippen molar-refractivity contribution in [3.8, 4) is 17.2 Å². The second kappa shape index (κ2) is 8.61. The van der Waals surface area contributed by atoms with Crippen molar-refractivity contribution in [1.82, 2.24) is 5.32 Å². The summed E-state index contributed by atoms with van der Waals surface area (Å²) in [6.07, 6.45) is 0.0560. The number of carbonyl (C=O) groups excluding carboxylic acids is 1. The van der Waals surface area contributed by atoms with E-state index in [2.05, 4.69) is 5.32 Å². The SMILES string of the molecule is COc1ccc([C@H](C)NC(=O)[C@@H]2CN(S(C)(=O)=O)c3cc(Cl)ccc3O2)cc1OC. The normalized spacial score (nSPS) is 16.8.